The molecule has 1 heterocycles. The fourth-order valence-corrected chi connectivity index (χ4v) is 3.23. The Hall–Kier alpha value is -0.770. The predicted octanol–water partition coefficient (Wildman–Crippen LogP) is 1.70. The van der Waals surface area contributed by atoms with Crippen LogP contribution < -0.4 is 11.1 Å². The lowest BCUT2D eigenvalue weighted by molar-refractivity contribution is 0.146. The van der Waals surface area contributed by atoms with Crippen LogP contribution in [0.3, 0.4) is 0 Å². The Morgan fingerprint density at radius 1 is 1.29 bits per heavy atom. The van der Waals surface area contributed by atoms with Gasteiger partial charge in [0.15, 0.2) is 0 Å². The lowest BCUT2D eigenvalue weighted by Crippen LogP contribution is -2.54. The number of carbonyl (C=O) groups excluding carboxylic acids is 1. The van der Waals surface area contributed by atoms with Crippen molar-refractivity contribution in [1.82, 2.24) is 10.2 Å². The lowest BCUT2D eigenvalue weighted by atomic mass is 9.92. The Bertz CT molecular complexity index is 263. The van der Waals surface area contributed by atoms with E-state index in [9.17, 15) is 4.79 Å². The van der Waals surface area contributed by atoms with E-state index < -0.39 is 0 Å². The summed E-state index contributed by atoms with van der Waals surface area (Å²) in [6.07, 6.45) is 7.61. The zero-order valence-electron chi connectivity index (χ0n) is 10.8. The van der Waals surface area contributed by atoms with Crippen molar-refractivity contribution in [2.45, 2.75) is 57.5 Å². The van der Waals surface area contributed by atoms with Crippen LogP contribution in [0.15, 0.2) is 0 Å². The molecule has 0 bridgehead atoms. The highest BCUT2D eigenvalue weighted by Crippen LogP contribution is 2.23. The van der Waals surface area contributed by atoms with Crippen molar-refractivity contribution in [2.75, 3.05) is 13.1 Å². The Morgan fingerprint density at radius 2 is 2.00 bits per heavy atom. The summed E-state index contributed by atoms with van der Waals surface area (Å²) in [6.45, 7) is 3.83. The topological polar surface area (TPSA) is 58.4 Å². The Kier molecular flexibility index (Phi) is 4.26. The van der Waals surface area contributed by atoms with Crippen molar-refractivity contribution in [3.8, 4) is 0 Å². The normalized spacial score (nSPS) is 30.8. The van der Waals surface area contributed by atoms with E-state index in [2.05, 4.69) is 12.2 Å². The van der Waals surface area contributed by atoms with Crippen LogP contribution in [0.5, 0.6) is 0 Å². The average molecular weight is 239 g/mol. The molecule has 17 heavy (non-hydrogen) atoms. The van der Waals surface area contributed by atoms with Gasteiger partial charge in [-0.2, -0.15) is 0 Å². The Morgan fingerprint density at radius 3 is 2.59 bits per heavy atom. The Balaban J connectivity index is 1.88. The van der Waals surface area contributed by atoms with Crippen LogP contribution >= 0.6 is 0 Å². The maximum atomic E-state index is 11.3. The summed E-state index contributed by atoms with van der Waals surface area (Å²) in [5.74, 6) is 0.607. The molecular weight excluding hydrogens is 214 g/mol. The van der Waals surface area contributed by atoms with Crippen LogP contribution in [0.4, 0.5) is 4.79 Å². The van der Waals surface area contributed by atoms with Gasteiger partial charge in [0.1, 0.15) is 0 Å². The van der Waals surface area contributed by atoms with E-state index >= 15 is 0 Å². The molecule has 0 spiro atoms. The summed E-state index contributed by atoms with van der Waals surface area (Å²) >= 11 is 0. The molecule has 0 aromatic heterocycles. The smallest absolute Gasteiger partial charge is 0.314 e. The van der Waals surface area contributed by atoms with E-state index in [0.29, 0.717) is 18.0 Å². The second kappa shape index (κ2) is 5.71. The third-order valence-electron chi connectivity index (χ3n) is 4.25. The van der Waals surface area contributed by atoms with Gasteiger partial charge < -0.3 is 16.0 Å². The van der Waals surface area contributed by atoms with Gasteiger partial charge in [-0.05, 0) is 25.2 Å². The van der Waals surface area contributed by atoms with Gasteiger partial charge in [-0.25, -0.2) is 4.79 Å². The van der Waals surface area contributed by atoms with Crippen molar-refractivity contribution < 1.29 is 4.79 Å². The molecule has 3 N–H and O–H groups in total. The van der Waals surface area contributed by atoms with E-state index in [1.807, 2.05) is 4.90 Å². The van der Waals surface area contributed by atoms with Crippen molar-refractivity contribution in [2.24, 2.45) is 11.7 Å². The summed E-state index contributed by atoms with van der Waals surface area (Å²) in [4.78, 5) is 13.1. The molecule has 1 saturated heterocycles. The molecule has 1 aliphatic carbocycles. The summed E-state index contributed by atoms with van der Waals surface area (Å²) < 4.78 is 0. The first-order chi connectivity index (χ1) is 8.19. The molecule has 0 aromatic carbocycles. The molecule has 4 heteroatoms. The maximum absolute atomic E-state index is 11.3. The minimum Gasteiger partial charge on any atom is -0.351 e. The number of hydrogen-bond acceptors (Lipinski definition) is 2. The number of carbonyl (C=O) groups is 1. The number of urea groups is 1. The van der Waals surface area contributed by atoms with Crippen LogP contribution in [0.25, 0.3) is 0 Å². The van der Waals surface area contributed by atoms with Crippen LogP contribution in [-0.2, 0) is 0 Å². The molecule has 1 saturated carbocycles. The van der Waals surface area contributed by atoms with E-state index in [-0.39, 0.29) is 6.03 Å². The number of rotatable bonds is 3. The van der Waals surface area contributed by atoms with Crippen LogP contribution in [0.1, 0.15) is 45.4 Å². The van der Waals surface area contributed by atoms with Crippen molar-refractivity contribution >= 4 is 6.03 Å². The zero-order valence-corrected chi connectivity index (χ0v) is 10.8. The molecular formula is C13H25N3O. The zero-order chi connectivity index (χ0) is 12.3. The molecule has 0 radical (unpaired) electrons. The molecule has 2 aliphatic rings. The first kappa shape index (κ1) is 12.7. The van der Waals surface area contributed by atoms with Crippen molar-refractivity contribution in [1.29, 1.82) is 0 Å². The molecule has 2 unspecified atom stereocenters. The van der Waals surface area contributed by atoms with Gasteiger partial charge >= 0.3 is 6.03 Å². The summed E-state index contributed by atoms with van der Waals surface area (Å²) in [5.41, 5.74) is 5.41. The second-order valence-electron chi connectivity index (χ2n) is 5.60. The maximum Gasteiger partial charge on any atom is 0.314 e. The number of primary amides is 1. The van der Waals surface area contributed by atoms with Gasteiger partial charge in [-0.3, -0.25) is 0 Å². The number of nitrogens with two attached hydrogens (primary N) is 1. The highest BCUT2D eigenvalue weighted by molar-refractivity contribution is 5.72. The molecule has 2 atom stereocenters. The Labute approximate surface area is 104 Å². The summed E-state index contributed by atoms with van der Waals surface area (Å²) in [6, 6.07) is 0.857. The third kappa shape index (κ3) is 3.35. The minimum absolute atomic E-state index is 0.263. The molecule has 0 aromatic rings. The monoisotopic (exact) mass is 239 g/mol. The fraction of sp³-hybridized carbons (Fsp3) is 0.923. The molecule has 2 rings (SSSR count). The quantitative estimate of drug-likeness (QED) is 0.787. The van der Waals surface area contributed by atoms with Crippen LogP contribution in [0, 0.1) is 5.92 Å². The number of hydrogen-bond donors (Lipinski definition) is 2. The highest BCUT2D eigenvalue weighted by atomic mass is 16.2. The highest BCUT2D eigenvalue weighted by Gasteiger charge is 2.29. The van der Waals surface area contributed by atoms with E-state index in [1.165, 1.54) is 32.1 Å². The standard InChI is InChI=1S/C13H25N3O/c1-2-10-7-12(9-16(8-10)13(14)17)15-11-5-3-4-6-11/h10-12,15H,2-9H2,1H3,(H2,14,17). The van der Waals surface area contributed by atoms with Gasteiger partial charge in [0, 0.05) is 25.2 Å². The van der Waals surface area contributed by atoms with Gasteiger partial charge in [0.05, 0.1) is 0 Å². The first-order valence-electron chi connectivity index (χ1n) is 6.99. The average Bonchev–Trinajstić information content (AvgIpc) is 2.81. The van der Waals surface area contributed by atoms with Crippen LogP contribution in [0.2, 0.25) is 0 Å². The minimum atomic E-state index is -0.263. The molecule has 4 nitrogen and oxygen atoms in total. The first-order valence-corrected chi connectivity index (χ1v) is 6.99. The fourth-order valence-electron chi connectivity index (χ4n) is 3.23. The SMILES string of the molecule is CCC1CC(NC2CCCC2)CN(C(N)=O)C1. The molecule has 1 aliphatic heterocycles. The number of amides is 2. The molecule has 98 valence electrons. The third-order valence-corrected chi connectivity index (χ3v) is 4.25. The van der Waals surface area contributed by atoms with Crippen molar-refractivity contribution in [3.63, 3.8) is 0 Å². The summed E-state index contributed by atoms with van der Waals surface area (Å²) in [7, 11) is 0. The van der Waals surface area contributed by atoms with Gasteiger partial charge in [0.2, 0.25) is 0 Å². The van der Waals surface area contributed by atoms with Crippen molar-refractivity contribution in [3.05, 3.63) is 0 Å². The number of likely N-dealkylation sites (tertiary alicyclic amines) is 1. The number of piperidine rings is 1. The predicted molar refractivity (Wildman–Crippen MR) is 68.7 cm³/mol. The van der Waals surface area contributed by atoms with Gasteiger partial charge in [0.25, 0.3) is 0 Å². The largest absolute Gasteiger partial charge is 0.351 e. The second-order valence-corrected chi connectivity index (χ2v) is 5.60. The van der Waals surface area contributed by atoms with E-state index in [0.717, 1.165) is 19.5 Å². The molecule has 2 fully saturated rings. The molecule has 2 amide bonds. The van der Waals surface area contributed by atoms with Gasteiger partial charge in [-0.15, -0.1) is 0 Å². The van der Waals surface area contributed by atoms with Gasteiger partial charge in [-0.1, -0.05) is 26.2 Å². The van der Waals surface area contributed by atoms with Crippen LogP contribution in [-0.4, -0.2) is 36.1 Å². The number of nitrogens with zero attached hydrogens (tertiary/aromatic N) is 1. The van der Waals surface area contributed by atoms with E-state index in [4.69, 9.17) is 5.73 Å². The number of nitrogens with one attached hydrogen (secondary N) is 1. The van der Waals surface area contributed by atoms with E-state index in [1.54, 1.807) is 0 Å². The summed E-state index contributed by atoms with van der Waals surface area (Å²) in [5, 5.41) is 3.72. The lowest BCUT2D eigenvalue weighted by Gasteiger charge is -2.38.